The van der Waals surface area contributed by atoms with Crippen molar-refractivity contribution >= 4 is 0 Å². The van der Waals surface area contributed by atoms with Crippen molar-refractivity contribution < 1.29 is 50.7 Å². The summed E-state index contributed by atoms with van der Waals surface area (Å²) in [7, 11) is 4.08. The number of allylic oxidation sites excluding steroid dienone is 1. The van der Waals surface area contributed by atoms with Gasteiger partial charge in [-0.15, -0.1) is 0 Å². The Morgan fingerprint density at radius 1 is 0.884 bits per heavy atom. The Hall–Kier alpha value is -1.63. The second kappa shape index (κ2) is 10.2. The highest BCUT2D eigenvalue weighted by Crippen LogP contribution is 2.72. The van der Waals surface area contributed by atoms with Crippen molar-refractivity contribution in [3.8, 4) is 0 Å². The Balaban J connectivity index is 1.49. The molecule has 43 heavy (non-hydrogen) atoms. The lowest BCUT2D eigenvalue weighted by atomic mass is 9.49. The minimum Gasteiger partial charge on any atom is -0.385 e. The first-order chi connectivity index (χ1) is 20.1. The molecule has 0 amide bonds. The van der Waals surface area contributed by atoms with E-state index in [0.717, 1.165) is 29.4 Å². The van der Waals surface area contributed by atoms with E-state index in [9.17, 15) is 18.3 Å². The Morgan fingerprint density at radius 2 is 1.51 bits per heavy atom. The largest absolute Gasteiger partial charge is 0.456 e. The Morgan fingerprint density at radius 3 is 2.07 bits per heavy atom. The maximum absolute atomic E-state index is 15.6. The third kappa shape index (κ3) is 4.31. The fraction of sp³-hybridized carbons (Fsp3) is 0.750. The lowest BCUT2D eigenvalue weighted by Gasteiger charge is -2.59. The molecule has 240 valence electrons. The van der Waals surface area contributed by atoms with E-state index < -0.39 is 59.0 Å². The van der Waals surface area contributed by atoms with Gasteiger partial charge in [-0.1, -0.05) is 36.8 Å². The number of rotatable bonds is 6. The average molecular weight is 617 g/mol. The second-order valence-electron chi connectivity index (χ2n) is 13.4. The molecule has 0 radical (unpaired) electrons. The van der Waals surface area contributed by atoms with E-state index in [0.29, 0.717) is 25.7 Å². The highest BCUT2D eigenvalue weighted by molar-refractivity contribution is 5.45. The average Bonchev–Trinajstić information content (AvgIpc) is 3.27. The zero-order chi connectivity index (χ0) is 31.2. The molecule has 5 aliphatic rings. The van der Waals surface area contributed by atoms with Gasteiger partial charge in [0.2, 0.25) is 0 Å². The van der Waals surface area contributed by atoms with Crippen LogP contribution in [0.4, 0.5) is 22.0 Å². The van der Waals surface area contributed by atoms with Crippen LogP contribution < -0.4 is 0 Å². The van der Waals surface area contributed by atoms with E-state index >= 15 is 8.78 Å². The van der Waals surface area contributed by atoms with E-state index in [1.807, 2.05) is 24.3 Å². The molecule has 1 heterocycles. The van der Waals surface area contributed by atoms with Crippen molar-refractivity contribution in [3.63, 3.8) is 0 Å². The summed E-state index contributed by atoms with van der Waals surface area (Å²) < 4.78 is 101. The van der Waals surface area contributed by atoms with Crippen LogP contribution in [-0.4, -0.2) is 61.8 Å². The highest BCUT2D eigenvalue weighted by atomic mass is 19.4. The molecule has 3 saturated carbocycles. The van der Waals surface area contributed by atoms with E-state index in [-0.39, 0.29) is 31.5 Å². The molecule has 1 aliphatic heterocycles. The first kappa shape index (κ1) is 31.4. The van der Waals surface area contributed by atoms with Crippen LogP contribution in [0.5, 0.6) is 0 Å². The summed E-state index contributed by atoms with van der Waals surface area (Å²) in [5.41, 5.74) is -2.06. The fourth-order valence-corrected chi connectivity index (χ4v) is 9.60. The molecule has 4 fully saturated rings. The van der Waals surface area contributed by atoms with Gasteiger partial charge in [0.1, 0.15) is 5.60 Å². The molecule has 1 saturated heterocycles. The van der Waals surface area contributed by atoms with Crippen LogP contribution in [-0.2, 0) is 23.7 Å². The van der Waals surface area contributed by atoms with Gasteiger partial charge in [0, 0.05) is 51.1 Å². The lowest BCUT2D eigenvalue weighted by Crippen LogP contribution is -2.66. The van der Waals surface area contributed by atoms with Crippen molar-refractivity contribution in [2.75, 3.05) is 21.3 Å². The summed E-state index contributed by atoms with van der Waals surface area (Å²) >= 11 is 0. The van der Waals surface area contributed by atoms with E-state index in [1.165, 1.54) is 0 Å². The van der Waals surface area contributed by atoms with Gasteiger partial charge >= 0.3 is 12.1 Å². The predicted molar refractivity (Wildman–Crippen MR) is 145 cm³/mol. The number of methoxy groups -OCH3 is 3. The summed E-state index contributed by atoms with van der Waals surface area (Å²) in [6, 6.07) is 7.44. The summed E-state index contributed by atoms with van der Waals surface area (Å²) in [6.45, 7) is 3.35. The van der Waals surface area contributed by atoms with Gasteiger partial charge in [-0.2, -0.15) is 22.0 Å². The normalized spacial score (nSPS) is 40.9. The van der Waals surface area contributed by atoms with Crippen molar-refractivity contribution in [1.29, 1.82) is 0 Å². The van der Waals surface area contributed by atoms with Crippen LogP contribution in [0.15, 0.2) is 35.4 Å². The molecular formula is C32H41F5O6. The first-order valence-corrected chi connectivity index (χ1v) is 15.1. The van der Waals surface area contributed by atoms with Crippen molar-refractivity contribution in [2.24, 2.45) is 17.3 Å². The van der Waals surface area contributed by atoms with Crippen LogP contribution >= 0.6 is 0 Å². The summed E-state index contributed by atoms with van der Waals surface area (Å²) in [4.78, 5) is 0. The molecule has 1 aromatic rings. The fourth-order valence-electron chi connectivity index (χ4n) is 9.60. The summed E-state index contributed by atoms with van der Waals surface area (Å²) in [5.74, 6) is -7.27. The highest BCUT2D eigenvalue weighted by Gasteiger charge is 2.80. The monoisotopic (exact) mass is 616 g/mol. The molecule has 6 atom stereocenters. The number of benzene rings is 1. The molecule has 3 unspecified atom stereocenters. The third-order valence-corrected chi connectivity index (χ3v) is 11.7. The van der Waals surface area contributed by atoms with Crippen molar-refractivity contribution in [2.45, 2.75) is 113 Å². The third-order valence-electron chi connectivity index (χ3n) is 11.7. The molecule has 0 spiro atoms. The quantitative estimate of drug-likeness (QED) is 0.208. The number of halogens is 5. The van der Waals surface area contributed by atoms with Gasteiger partial charge in [-0.3, -0.25) is 0 Å². The molecule has 11 heteroatoms. The van der Waals surface area contributed by atoms with Crippen LogP contribution in [0.2, 0.25) is 0 Å². The van der Waals surface area contributed by atoms with Crippen molar-refractivity contribution in [3.05, 3.63) is 46.5 Å². The number of alkyl halides is 5. The summed E-state index contributed by atoms with van der Waals surface area (Å²) in [5, 5.41) is 12.1. The topological polar surface area (TPSA) is 66.4 Å². The maximum Gasteiger partial charge on any atom is 0.456 e. The number of fused-ring (bicyclic) bond motifs is 4. The smallest absolute Gasteiger partial charge is 0.385 e. The maximum atomic E-state index is 15.6. The van der Waals surface area contributed by atoms with Gasteiger partial charge in [0.25, 0.3) is 0 Å². The van der Waals surface area contributed by atoms with Crippen LogP contribution in [0, 0.1) is 17.3 Å². The van der Waals surface area contributed by atoms with Gasteiger partial charge < -0.3 is 28.8 Å². The zero-order valence-corrected chi connectivity index (χ0v) is 25.2. The molecule has 0 aromatic heterocycles. The Labute approximate surface area is 248 Å². The number of hydrogen-bond acceptors (Lipinski definition) is 6. The molecular weight excluding hydrogens is 575 g/mol. The van der Waals surface area contributed by atoms with Crippen LogP contribution in [0.1, 0.15) is 88.5 Å². The molecule has 1 aromatic carbocycles. The first-order valence-electron chi connectivity index (χ1n) is 15.1. The molecule has 6 rings (SSSR count). The molecule has 1 N–H and O–H groups in total. The Kier molecular flexibility index (Phi) is 7.43. The van der Waals surface area contributed by atoms with Crippen molar-refractivity contribution in [1.82, 2.24) is 0 Å². The number of ether oxygens (including phenoxy) is 5. The van der Waals surface area contributed by atoms with Crippen LogP contribution in [0.3, 0.4) is 0 Å². The minimum absolute atomic E-state index is 0.0229. The second-order valence-corrected chi connectivity index (χ2v) is 13.4. The van der Waals surface area contributed by atoms with Gasteiger partial charge in [-0.25, -0.2) is 0 Å². The molecule has 4 aliphatic carbocycles. The Bertz CT molecular complexity index is 1260. The summed E-state index contributed by atoms with van der Waals surface area (Å²) in [6.07, 6.45) is -4.83. The van der Waals surface area contributed by atoms with E-state index in [1.54, 1.807) is 28.1 Å². The molecule has 6 nitrogen and oxygen atoms in total. The van der Waals surface area contributed by atoms with Gasteiger partial charge in [0.05, 0.1) is 5.60 Å². The number of hydrogen-bond donors (Lipinski definition) is 1. The standard InChI is InChI=1S/C32H41F5O6/c1-18-42-26(43-18)20-8-6-19(7-9-20)22-16-27(2)23(12-15-30(27,41-5)31(33,34)32(35,36)37)21-10-13-28(38)17-29(39-3,40-4)14-11-24(28)25(21)22/h6-9,18,21-23,26,38H,10-17H2,1-5H3/t18?,21-,22?,23-,26?,27-,28?,30?/m0/s1. The SMILES string of the molecule is COC1(OC)CCC2=C3C(c4ccc(C5OC(C)O5)cc4)C[C@@]4(C)[C@@H](CCC4(OC)C(F)(F)C(F)(F)F)[C@@H]3CCC2(O)C1. The van der Waals surface area contributed by atoms with Gasteiger partial charge in [-0.05, 0) is 68.4 Å². The predicted octanol–water partition coefficient (Wildman–Crippen LogP) is 7.18. The lowest BCUT2D eigenvalue weighted by molar-refractivity contribution is -0.382. The van der Waals surface area contributed by atoms with Gasteiger partial charge in [0.15, 0.2) is 18.4 Å². The van der Waals surface area contributed by atoms with E-state index in [2.05, 4.69) is 0 Å². The molecule has 0 bridgehead atoms. The van der Waals surface area contributed by atoms with E-state index in [4.69, 9.17) is 23.7 Å². The van der Waals surface area contributed by atoms with Crippen LogP contribution in [0.25, 0.3) is 0 Å². The number of aliphatic hydroxyl groups is 1. The minimum atomic E-state index is -5.77. The zero-order valence-electron chi connectivity index (χ0n) is 25.2.